The molecular weight excluding hydrogens is 252 g/mol. The fourth-order valence-electron chi connectivity index (χ4n) is 2.97. The van der Waals surface area contributed by atoms with Gasteiger partial charge in [-0.2, -0.15) is 0 Å². The summed E-state index contributed by atoms with van der Waals surface area (Å²) in [5, 5.41) is 13.1. The molecule has 2 rings (SSSR count). The normalized spacial score (nSPS) is 22.8. The molecule has 1 aromatic heterocycles. The van der Waals surface area contributed by atoms with Gasteiger partial charge >= 0.3 is 0 Å². The van der Waals surface area contributed by atoms with Gasteiger partial charge < -0.3 is 20.2 Å². The average molecular weight is 278 g/mol. The molecule has 1 aromatic rings. The SMILES string of the molecule is CNCc1cnc(N2CC(O)CC2CN(C)C)c(C)c1. The molecule has 0 spiro atoms. The van der Waals surface area contributed by atoms with E-state index in [1.807, 2.05) is 13.2 Å². The largest absolute Gasteiger partial charge is 0.391 e. The first-order valence-electron chi connectivity index (χ1n) is 7.20. The van der Waals surface area contributed by atoms with E-state index in [9.17, 15) is 5.11 Å². The highest BCUT2D eigenvalue weighted by molar-refractivity contribution is 5.49. The van der Waals surface area contributed by atoms with Crippen molar-refractivity contribution >= 4 is 5.82 Å². The Kier molecular flexibility index (Phi) is 4.96. The molecular formula is C15H26N4O. The minimum absolute atomic E-state index is 0.252. The van der Waals surface area contributed by atoms with E-state index >= 15 is 0 Å². The molecule has 5 heteroatoms. The molecule has 1 fully saturated rings. The number of pyridine rings is 1. The quantitative estimate of drug-likeness (QED) is 0.826. The topological polar surface area (TPSA) is 51.6 Å². The molecule has 2 atom stereocenters. The van der Waals surface area contributed by atoms with Crippen molar-refractivity contribution in [2.45, 2.75) is 32.0 Å². The van der Waals surface area contributed by atoms with Gasteiger partial charge in [-0.15, -0.1) is 0 Å². The van der Waals surface area contributed by atoms with Gasteiger partial charge in [0.1, 0.15) is 5.82 Å². The van der Waals surface area contributed by atoms with E-state index in [1.54, 1.807) is 0 Å². The van der Waals surface area contributed by atoms with Crippen molar-refractivity contribution in [3.8, 4) is 0 Å². The summed E-state index contributed by atoms with van der Waals surface area (Å²) in [5.41, 5.74) is 2.37. The zero-order valence-electron chi connectivity index (χ0n) is 12.9. The van der Waals surface area contributed by atoms with Crippen LogP contribution in [-0.4, -0.2) is 61.4 Å². The number of anilines is 1. The molecule has 2 unspecified atom stereocenters. The molecule has 2 heterocycles. The summed E-state index contributed by atoms with van der Waals surface area (Å²) in [6.07, 6.45) is 2.49. The smallest absolute Gasteiger partial charge is 0.131 e. The number of aliphatic hydroxyl groups excluding tert-OH is 1. The van der Waals surface area contributed by atoms with Crippen molar-refractivity contribution in [3.63, 3.8) is 0 Å². The van der Waals surface area contributed by atoms with E-state index in [-0.39, 0.29) is 6.10 Å². The van der Waals surface area contributed by atoms with E-state index in [1.165, 1.54) is 11.1 Å². The summed E-state index contributed by atoms with van der Waals surface area (Å²) >= 11 is 0. The van der Waals surface area contributed by atoms with Crippen molar-refractivity contribution in [1.29, 1.82) is 0 Å². The third kappa shape index (κ3) is 3.48. The molecule has 0 aliphatic carbocycles. The van der Waals surface area contributed by atoms with Crippen LogP contribution in [-0.2, 0) is 6.54 Å². The Morgan fingerprint density at radius 3 is 2.85 bits per heavy atom. The predicted octanol–water partition coefficient (Wildman–Crippen LogP) is 0.611. The van der Waals surface area contributed by atoms with Crippen molar-refractivity contribution in [3.05, 3.63) is 23.4 Å². The van der Waals surface area contributed by atoms with Crippen LogP contribution in [0.3, 0.4) is 0 Å². The number of aliphatic hydroxyl groups is 1. The maximum Gasteiger partial charge on any atom is 0.131 e. The first kappa shape index (κ1) is 15.2. The lowest BCUT2D eigenvalue weighted by Gasteiger charge is -2.29. The van der Waals surface area contributed by atoms with Gasteiger partial charge in [0.25, 0.3) is 0 Å². The third-order valence-electron chi connectivity index (χ3n) is 3.73. The van der Waals surface area contributed by atoms with Crippen LogP contribution in [0.15, 0.2) is 12.3 Å². The van der Waals surface area contributed by atoms with Crippen molar-refractivity contribution in [1.82, 2.24) is 15.2 Å². The zero-order valence-corrected chi connectivity index (χ0v) is 12.9. The minimum Gasteiger partial charge on any atom is -0.391 e. The predicted molar refractivity (Wildman–Crippen MR) is 82.0 cm³/mol. The second-order valence-corrected chi connectivity index (χ2v) is 5.97. The van der Waals surface area contributed by atoms with Crippen LogP contribution in [0.25, 0.3) is 0 Å². The number of nitrogens with zero attached hydrogens (tertiary/aromatic N) is 3. The molecule has 20 heavy (non-hydrogen) atoms. The van der Waals surface area contributed by atoms with Gasteiger partial charge in [-0.25, -0.2) is 4.98 Å². The standard InChI is InChI=1S/C15H26N4O/c1-11-5-12(7-16-2)8-17-15(11)19-10-14(20)6-13(19)9-18(3)4/h5,8,13-14,16,20H,6-7,9-10H2,1-4H3. The summed E-state index contributed by atoms with van der Waals surface area (Å²) < 4.78 is 0. The highest BCUT2D eigenvalue weighted by Gasteiger charge is 2.32. The number of hydrogen-bond acceptors (Lipinski definition) is 5. The lowest BCUT2D eigenvalue weighted by molar-refractivity contribution is 0.191. The number of β-amino-alcohol motifs (C(OH)–C–C–N with tert-alkyl or cyclic N) is 1. The Hall–Kier alpha value is -1.17. The van der Waals surface area contributed by atoms with Gasteiger partial charge in [-0.05, 0) is 51.7 Å². The van der Waals surface area contributed by atoms with E-state index in [2.05, 4.69) is 47.2 Å². The fraction of sp³-hybridized carbons (Fsp3) is 0.667. The van der Waals surface area contributed by atoms with Gasteiger partial charge in [-0.3, -0.25) is 0 Å². The number of nitrogens with one attached hydrogen (secondary N) is 1. The third-order valence-corrected chi connectivity index (χ3v) is 3.73. The Labute approximate surface area is 121 Å². The molecule has 0 amide bonds. The molecule has 1 saturated heterocycles. The van der Waals surface area contributed by atoms with Gasteiger partial charge in [0.05, 0.1) is 6.10 Å². The molecule has 0 aromatic carbocycles. The van der Waals surface area contributed by atoms with Crippen LogP contribution in [0, 0.1) is 6.92 Å². The Morgan fingerprint density at radius 2 is 2.25 bits per heavy atom. The van der Waals surface area contributed by atoms with Crippen molar-refractivity contribution in [2.24, 2.45) is 0 Å². The van der Waals surface area contributed by atoms with Gasteiger partial charge in [0, 0.05) is 31.9 Å². The summed E-state index contributed by atoms with van der Waals surface area (Å²) in [4.78, 5) is 9.05. The summed E-state index contributed by atoms with van der Waals surface area (Å²) in [6, 6.07) is 2.51. The molecule has 5 nitrogen and oxygen atoms in total. The average Bonchev–Trinajstić information content (AvgIpc) is 2.69. The van der Waals surface area contributed by atoms with Crippen LogP contribution in [0.4, 0.5) is 5.82 Å². The first-order chi connectivity index (χ1) is 9.51. The van der Waals surface area contributed by atoms with Crippen LogP contribution in [0.1, 0.15) is 17.5 Å². The molecule has 0 saturated carbocycles. The van der Waals surface area contributed by atoms with E-state index < -0.39 is 0 Å². The summed E-state index contributed by atoms with van der Waals surface area (Å²) in [6.45, 7) is 4.55. The molecule has 1 aliphatic heterocycles. The molecule has 0 radical (unpaired) electrons. The summed E-state index contributed by atoms with van der Waals surface area (Å²) in [7, 11) is 6.07. The number of aromatic nitrogens is 1. The van der Waals surface area contributed by atoms with Crippen LogP contribution >= 0.6 is 0 Å². The van der Waals surface area contributed by atoms with E-state index in [4.69, 9.17) is 0 Å². The number of likely N-dealkylation sites (N-methyl/N-ethyl adjacent to an activating group) is 1. The monoisotopic (exact) mass is 278 g/mol. The van der Waals surface area contributed by atoms with Crippen LogP contribution in [0.2, 0.25) is 0 Å². The Morgan fingerprint density at radius 1 is 1.50 bits per heavy atom. The lowest BCUT2D eigenvalue weighted by Crippen LogP contribution is -2.38. The van der Waals surface area contributed by atoms with Gasteiger partial charge in [-0.1, -0.05) is 0 Å². The lowest BCUT2D eigenvalue weighted by atomic mass is 10.1. The van der Waals surface area contributed by atoms with Crippen molar-refractivity contribution < 1.29 is 5.11 Å². The molecule has 2 N–H and O–H groups in total. The number of aryl methyl sites for hydroxylation is 1. The molecule has 0 bridgehead atoms. The van der Waals surface area contributed by atoms with E-state index in [0.29, 0.717) is 12.6 Å². The van der Waals surface area contributed by atoms with Crippen LogP contribution in [0.5, 0.6) is 0 Å². The maximum absolute atomic E-state index is 9.98. The van der Waals surface area contributed by atoms with Gasteiger partial charge in [0.15, 0.2) is 0 Å². The second-order valence-electron chi connectivity index (χ2n) is 5.97. The number of rotatable bonds is 5. The Balaban J connectivity index is 2.20. The number of hydrogen-bond donors (Lipinski definition) is 2. The van der Waals surface area contributed by atoms with Crippen LogP contribution < -0.4 is 10.2 Å². The fourth-order valence-corrected chi connectivity index (χ4v) is 2.97. The second kappa shape index (κ2) is 6.52. The van der Waals surface area contributed by atoms with Gasteiger partial charge in [0.2, 0.25) is 0 Å². The summed E-state index contributed by atoms with van der Waals surface area (Å²) in [5.74, 6) is 1.01. The molecule has 1 aliphatic rings. The van der Waals surface area contributed by atoms with Crippen molar-refractivity contribution in [2.75, 3.05) is 39.1 Å². The highest BCUT2D eigenvalue weighted by Crippen LogP contribution is 2.27. The maximum atomic E-state index is 9.98. The highest BCUT2D eigenvalue weighted by atomic mass is 16.3. The molecule has 112 valence electrons. The Bertz CT molecular complexity index is 449. The minimum atomic E-state index is -0.252. The zero-order chi connectivity index (χ0) is 14.7. The van der Waals surface area contributed by atoms with E-state index in [0.717, 1.165) is 25.3 Å². The first-order valence-corrected chi connectivity index (χ1v) is 7.20.